The molecule has 0 amide bonds. The molecule has 0 radical (unpaired) electrons. The molecule has 10 unspecified atom stereocenters. The second-order valence-electron chi connectivity index (χ2n) is 10.6. The van der Waals surface area contributed by atoms with E-state index in [0.29, 0.717) is 0 Å². The molecular formula is C28H32O13. The minimum atomic E-state index is -1.74. The normalized spacial score (nSPS) is 35.1. The first-order chi connectivity index (χ1) is 19.3. The Bertz CT molecular complexity index is 1360. The Hall–Kier alpha value is -3.14. The number of benzene rings is 2. The number of hydrogen-bond donors (Lipinski definition) is 7. The molecule has 222 valence electrons. The second-order valence-corrected chi connectivity index (χ2v) is 10.6. The van der Waals surface area contributed by atoms with Gasteiger partial charge in [-0.3, -0.25) is 9.59 Å². The van der Waals surface area contributed by atoms with Crippen molar-refractivity contribution in [3.8, 4) is 17.2 Å². The largest absolute Gasteiger partial charge is 0.508 e. The van der Waals surface area contributed by atoms with Crippen LogP contribution < -0.4 is 4.74 Å². The number of fused-ring (bicyclic) bond motifs is 2. The van der Waals surface area contributed by atoms with Gasteiger partial charge in [0.15, 0.2) is 24.0 Å². The van der Waals surface area contributed by atoms with Gasteiger partial charge in [0.05, 0.1) is 24.4 Å². The highest BCUT2D eigenvalue weighted by Crippen LogP contribution is 2.41. The van der Waals surface area contributed by atoms with Crippen molar-refractivity contribution < 1.29 is 64.3 Å². The molecule has 2 saturated heterocycles. The summed E-state index contributed by atoms with van der Waals surface area (Å²) in [4.78, 5) is 26.5. The van der Waals surface area contributed by atoms with E-state index in [0.717, 1.165) is 6.07 Å². The van der Waals surface area contributed by atoms with Crippen molar-refractivity contribution in [2.75, 3.05) is 6.61 Å². The van der Waals surface area contributed by atoms with Gasteiger partial charge < -0.3 is 54.7 Å². The molecule has 7 N–H and O–H groups in total. The number of aliphatic hydroxyl groups is 5. The molecule has 2 fully saturated rings. The fourth-order valence-corrected chi connectivity index (χ4v) is 5.33. The second kappa shape index (κ2) is 10.9. The third-order valence-corrected chi connectivity index (χ3v) is 8.09. The lowest BCUT2D eigenvalue weighted by molar-refractivity contribution is -0.350. The van der Waals surface area contributed by atoms with E-state index in [1.54, 1.807) is 13.8 Å². The highest BCUT2D eigenvalue weighted by Gasteiger charge is 2.50. The van der Waals surface area contributed by atoms with E-state index >= 15 is 0 Å². The number of ketones is 2. The third-order valence-electron chi connectivity index (χ3n) is 8.09. The lowest BCUT2D eigenvalue weighted by Crippen LogP contribution is -2.63. The molecular weight excluding hydrogens is 544 g/mol. The molecule has 13 heteroatoms. The Morgan fingerprint density at radius 3 is 2.22 bits per heavy atom. The van der Waals surface area contributed by atoms with Crippen LogP contribution >= 0.6 is 0 Å². The molecule has 2 aromatic rings. The molecule has 0 bridgehead atoms. The molecule has 2 aliphatic heterocycles. The molecule has 10 atom stereocenters. The van der Waals surface area contributed by atoms with E-state index in [9.17, 15) is 45.3 Å². The van der Waals surface area contributed by atoms with Crippen LogP contribution in [0.3, 0.4) is 0 Å². The zero-order valence-electron chi connectivity index (χ0n) is 22.4. The van der Waals surface area contributed by atoms with Crippen LogP contribution in [0.5, 0.6) is 17.2 Å². The maximum absolute atomic E-state index is 13.3. The van der Waals surface area contributed by atoms with Gasteiger partial charge in [-0.15, -0.1) is 0 Å². The fourth-order valence-electron chi connectivity index (χ4n) is 5.33. The number of phenolic OH excluding ortho intramolecular Hbond substituents is 2. The van der Waals surface area contributed by atoms with Crippen molar-refractivity contribution >= 4 is 11.6 Å². The summed E-state index contributed by atoms with van der Waals surface area (Å²) in [6, 6.07) is 4.87. The van der Waals surface area contributed by atoms with E-state index < -0.39 is 85.1 Å². The van der Waals surface area contributed by atoms with E-state index in [4.69, 9.17) is 18.9 Å². The summed E-state index contributed by atoms with van der Waals surface area (Å²) in [6.07, 6.45) is -12.7. The smallest absolute Gasteiger partial charge is 0.229 e. The zero-order valence-corrected chi connectivity index (χ0v) is 22.4. The standard InChI is InChI=1S/C28H32O13/c1-9-11(3)38-27(25(37)20(9)32)41-26-24(36)23(35)17(8-29)40-28(26)39-16-7-15-18(19(31)10(16)2)22(34)13-5-4-12(30)6-14(13)21(15)33/h4-7,9,11,17,20,23-32,35-37H,8H2,1-3H3. The van der Waals surface area contributed by atoms with Crippen molar-refractivity contribution in [3.63, 3.8) is 0 Å². The highest BCUT2D eigenvalue weighted by molar-refractivity contribution is 6.29. The Morgan fingerprint density at radius 1 is 0.829 bits per heavy atom. The SMILES string of the molecule is Cc1c(OC2OC(CO)C(O)C(O)C2OC2OC(C)C(C)C(O)C2O)cc2c(c1O)C(=O)c1ccc(O)cc1C2=O. The number of rotatable bonds is 5. The van der Waals surface area contributed by atoms with Gasteiger partial charge >= 0.3 is 0 Å². The predicted molar refractivity (Wildman–Crippen MR) is 137 cm³/mol. The average molecular weight is 577 g/mol. The summed E-state index contributed by atoms with van der Waals surface area (Å²) >= 11 is 0. The molecule has 3 aliphatic rings. The van der Waals surface area contributed by atoms with Crippen molar-refractivity contribution in [1.82, 2.24) is 0 Å². The van der Waals surface area contributed by atoms with Crippen LogP contribution in [-0.4, -0.2) is 109 Å². The maximum atomic E-state index is 13.3. The average Bonchev–Trinajstić information content (AvgIpc) is 2.94. The number of carbonyl (C=O) groups is 2. The monoisotopic (exact) mass is 576 g/mol. The van der Waals surface area contributed by atoms with Crippen LogP contribution in [0.15, 0.2) is 24.3 Å². The topological polar surface area (TPSA) is 213 Å². The van der Waals surface area contributed by atoms with E-state index in [2.05, 4.69) is 0 Å². The molecule has 1 aliphatic carbocycles. The van der Waals surface area contributed by atoms with Crippen molar-refractivity contribution in [2.24, 2.45) is 5.92 Å². The van der Waals surface area contributed by atoms with Crippen molar-refractivity contribution in [2.45, 2.75) is 76.1 Å². The number of aliphatic hydroxyl groups excluding tert-OH is 5. The maximum Gasteiger partial charge on any atom is 0.229 e. The first-order valence-corrected chi connectivity index (χ1v) is 13.1. The summed E-state index contributed by atoms with van der Waals surface area (Å²) in [5, 5.41) is 72.9. The van der Waals surface area contributed by atoms with Gasteiger partial charge in [0.1, 0.15) is 41.7 Å². The summed E-state index contributed by atoms with van der Waals surface area (Å²) in [6.45, 7) is 4.02. The van der Waals surface area contributed by atoms with Crippen LogP contribution in [0.1, 0.15) is 51.3 Å². The first kappa shape index (κ1) is 29.4. The van der Waals surface area contributed by atoms with Crippen LogP contribution in [0.4, 0.5) is 0 Å². The molecule has 41 heavy (non-hydrogen) atoms. The lowest BCUT2D eigenvalue weighted by Gasteiger charge is -2.46. The van der Waals surface area contributed by atoms with E-state index in [1.165, 1.54) is 25.1 Å². The van der Waals surface area contributed by atoms with Crippen molar-refractivity contribution in [3.05, 3.63) is 52.1 Å². The van der Waals surface area contributed by atoms with Crippen LogP contribution in [0.2, 0.25) is 0 Å². The van der Waals surface area contributed by atoms with Gasteiger partial charge in [-0.05, 0) is 38.1 Å². The Kier molecular flexibility index (Phi) is 7.82. The van der Waals surface area contributed by atoms with Gasteiger partial charge in [0, 0.05) is 28.2 Å². The highest BCUT2D eigenvalue weighted by atomic mass is 16.8. The molecule has 0 saturated carbocycles. The molecule has 2 heterocycles. The minimum absolute atomic E-state index is 0.00687. The molecule has 2 aromatic carbocycles. The summed E-state index contributed by atoms with van der Waals surface area (Å²) in [5.74, 6) is -2.68. The van der Waals surface area contributed by atoms with Crippen LogP contribution in [0, 0.1) is 12.8 Å². The van der Waals surface area contributed by atoms with Gasteiger partial charge in [-0.25, -0.2) is 0 Å². The van der Waals surface area contributed by atoms with E-state index in [1.807, 2.05) is 0 Å². The third kappa shape index (κ3) is 4.87. The summed E-state index contributed by atoms with van der Waals surface area (Å²) in [5.41, 5.74) is -0.503. The van der Waals surface area contributed by atoms with Gasteiger partial charge in [-0.2, -0.15) is 0 Å². The fraction of sp³-hybridized carbons (Fsp3) is 0.500. The Balaban J connectivity index is 1.50. The molecule has 13 nitrogen and oxygen atoms in total. The number of hydrogen-bond acceptors (Lipinski definition) is 13. The summed E-state index contributed by atoms with van der Waals surface area (Å²) in [7, 11) is 0. The predicted octanol–water partition coefficient (Wildman–Crippen LogP) is -0.513. The van der Waals surface area contributed by atoms with Crippen molar-refractivity contribution in [1.29, 1.82) is 0 Å². The number of aromatic hydroxyl groups is 2. The van der Waals surface area contributed by atoms with Gasteiger partial charge in [0.25, 0.3) is 0 Å². The van der Waals surface area contributed by atoms with Crippen LogP contribution in [-0.2, 0) is 14.2 Å². The quantitative estimate of drug-likeness (QED) is 0.204. The van der Waals surface area contributed by atoms with Gasteiger partial charge in [0.2, 0.25) is 6.29 Å². The lowest BCUT2D eigenvalue weighted by atomic mass is 9.82. The van der Waals surface area contributed by atoms with Gasteiger partial charge in [-0.1, -0.05) is 6.92 Å². The Labute approximate surface area is 234 Å². The Morgan fingerprint density at radius 2 is 1.54 bits per heavy atom. The number of phenols is 2. The zero-order chi connectivity index (χ0) is 29.9. The summed E-state index contributed by atoms with van der Waals surface area (Å²) < 4.78 is 23.1. The van der Waals surface area contributed by atoms with E-state index in [-0.39, 0.29) is 39.3 Å². The molecule has 0 aromatic heterocycles. The number of ether oxygens (including phenoxy) is 4. The number of carbonyl (C=O) groups excluding carboxylic acids is 2. The molecule has 5 rings (SSSR count). The van der Waals surface area contributed by atoms with Crippen LogP contribution in [0.25, 0.3) is 0 Å². The first-order valence-electron chi connectivity index (χ1n) is 13.1. The molecule has 0 spiro atoms. The minimum Gasteiger partial charge on any atom is -0.508 e.